The lowest BCUT2D eigenvalue weighted by atomic mass is 9.96. The first kappa shape index (κ1) is 12.1. The van der Waals surface area contributed by atoms with Crippen molar-refractivity contribution in [3.05, 3.63) is 18.0 Å². The zero-order valence-electron chi connectivity index (χ0n) is 10.2. The highest BCUT2D eigenvalue weighted by atomic mass is 16.5. The highest BCUT2D eigenvalue weighted by molar-refractivity contribution is 5.84. The summed E-state index contributed by atoms with van der Waals surface area (Å²) in [5.74, 6) is 0. The molecule has 0 amide bonds. The Morgan fingerprint density at radius 2 is 2.29 bits per heavy atom. The maximum absolute atomic E-state index is 8.65. The zero-order chi connectivity index (χ0) is 12.1. The monoisotopic (exact) mass is 237 g/mol. The molecule has 1 heterocycles. The maximum atomic E-state index is 8.65. The number of nitrogens with zero attached hydrogens (tertiary/aromatic N) is 3. The summed E-state index contributed by atoms with van der Waals surface area (Å²) < 4.78 is 7.73. The quantitative estimate of drug-likeness (QED) is 0.645. The third-order valence-corrected chi connectivity index (χ3v) is 3.15. The second kappa shape index (κ2) is 5.82. The summed E-state index contributed by atoms with van der Waals surface area (Å²) in [5, 5.41) is 16.1. The lowest BCUT2D eigenvalue weighted by Crippen LogP contribution is -2.21. The number of oxime groups is 1. The SMILES string of the molecule is CCn1cc(COC2CCC(=NO)CC2)cn1. The number of ether oxygens (including phenoxy) is 1. The van der Waals surface area contributed by atoms with Crippen molar-refractivity contribution in [3.8, 4) is 0 Å². The third-order valence-electron chi connectivity index (χ3n) is 3.15. The molecule has 1 aromatic heterocycles. The molecule has 1 aliphatic carbocycles. The van der Waals surface area contributed by atoms with Crippen LogP contribution in [0.1, 0.15) is 38.2 Å². The van der Waals surface area contributed by atoms with Crippen molar-refractivity contribution in [2.75, 3.05) is 0 Å². The Morgan fingerprint density at radius 1 is 1.53 bits per heavy atom. The van der Waals surface area contributed by atoms with Crippen LogP contribution in [-0.2, 0) is 17.9 Å². The molecule has 0 bridgehead atoms. The van der Waals surface area contributed by atoms with Crippen LogP contribution in [0.2, 0.25) is 0 Å². The highest BCUT2D eigenvalue weighted by Crippen LogP contribution is 2.20. The molecule has 0 unspecified atom stereocenters. The number of hydrogen-bond donors (Lipinski definition) is 1. The second-order valence-electron chi connectivity index (χ2n) is 4.38. The van der Waals surface area contributed by atoms with Gasteiger partial charge in [-0.25, -0.2) is 0 Å². The molecule has 5 nitrogen and oxygen atoms in total. The Bertz CT molecular complexity index is 377. The van der Waals surface area contributed by atoms with Gasteiger partial charge >= 0.3 is 0 Å². The van der Waals surface area contributed by atoms with Crippen LogP contribution in [0.15, 0.2) is 17.5 Å². The van der Waals surface area contributed by atoms with E-state index in [1.54, 1.807) is 0 Å². The van der Waals surface area contributed by atoms with E-state index in [1.165, 1.54) is 0 Å². The summed E-state index contributed by atoms with van der Waals surface area (Å²) in [7, 11) is 0. The average Bonchev–Trinajstić information content (AvgIpc) is 2.85. The summed E-state index contributed by atoms with van der Waals surface area (Å²) in [6, 6.07) is 0. The highest BCUT2D eigenvalue weighted by Gasteiger charge is 2.18. The summed E-state index contributed by atoms with van der Waals surface area (Å²) >= 11 is 0. The Labute approximate surface area is 101 Å². The Kier molecular flexibility index (Phi) is 4.14. The van der Waals surface area contributed by atoms with Crippen molar-refractivity contribution in [1.82, 2.24) is 9.78 Å². The molecule has 1 N–H and O–H groups in total. The largest absolute Gasteiger partial charge is 0.411 e. The first-order valence-electron chi connectivity index (χ1n) is 6.14. The van der Waals surface area contributed by atoms with Crippen LogP contribution in [0, 0.1) is 0 Å². The summed E-state index contributed by atoms with van der Waals surface area (Å²) in [5.41, 5.74) is 2.01. The molecular formula is C12H19N3O2. The first-order chi connectivity index (χ1) is 8.31. The minimum absolute atomic E-state index is 0.283. The van der Waals surface area contributed by atoms with Crippen LogP contribution in [0.5, 0.6) is 0 Å². The molecule has 1 saturated carbocycles. The number of aromatic nitrogens is 2. The van der Waals surface area contributed by atoms with Gasteiger partial charge in [0.25, 0.3) is 0 Å². The van der Waals surface area contributed by atoms with E-state index >= 15 is 0 Å². The van der Waals surface area contributed by atoms with Gasteiger partial charge in [0.1, 0.15) is 0 Å². The van der Waals surface area contributed by atoms with Crippen molar-refractivity contribution < 1.29 is 9.94 Å². The number of hydrogen-bond acceptors (Lipinski definition) is 4. The number of aryl methyl sites for hydroxylation is 1. The van der Waals surface area contributed by atoms with Crippen LogP contribution < -0.4 is 0 Å². The van der Waals surface area contributed by atoms with Gasteiger partial charge in [0.2, 0.25) is 0 Å². The molecule has 17 heavy (non-hydrogen) atoms. The van der Waals surface area contributed by atoms with Gasteiger partial charge in [-0.3, -0.25) is 4.68 Å². The average molecular weight is 237 g/mol. The molecule has 0 saturated heterocycles. The van der Waals surface area contributed by atoms with Crippen molar-refractivity contribution in [1.29, 1.82) is 0 Å². The minimum atomic E-state index is 0.283. The lowest BCUT2D eigenvalue weighted by Gasteiger charge is -2.22. The zero-order valence-corrected chi connectivity index (χ0v) is 10.2. The molecule has 0 radical (unpaired) electrons. The Hall–Kier alpha value is -1.36. The summed E-state index contributed by atoms with van der Waals surface area (Å²) in [4.78, 5) is 0. The predicted octanol–water partition coefficient (Wildman–Crippen LogP) is 2.19. The fourth-order valence-electron chi connectivity index (χ4n) is 2.06. The summed E-state index contributed by atoms with van der Waals surface area (Å²) in [6.07, 6.45) is 7.73. The minimum Gasteiger partial charge on any atom is -0.411 e. The lowest BCUT2D eigenvalue weighted by molar-refractivity contribution is 0.0277. The van der Waals surface area contributed by atoms with Crippen molar-refractivity contribution >= 4 is 5.71 Å². The normalized spacial score (nSPS) is 20.5. The van der Waals surface area contributed by atoms with Gasteiger partial charge in [0.15, 0.2) is 0 Å². The molecule has 0 spiro atoms. The molecule has 5 heteroatoms. The van der Waals surface area contributed by atoms with Crippen LogP contribution in [0.3, 0.4) is 0 Å². The molecule has 0 aromatic carbocycles. The third kappa shape index (κ3) is 3.30. The van der Waals surface area contributed by atoms with Gasteiger partial charge in [-0.1, -0.05) is 5.16 Å². The topological polar surface area (TPSA) is 59.6 Å². The summed E-state index contributed by atoms with van der Waals surface area (Å²) in [6.45, 7) is 3.57. The number of rotatable bonds is 4. The molecule has 0 atom stereocenters. The van der Waals surface area contributed by atoms with Crippen molar-refractivity contribution in [2.24, 2.45) is 5.16 Å². The molecule has 2 rings (SSSR count). The van der Waals surface area contributed by atoms with Crippen molar-refractivity contribution in [2.45, 2.75) is 51.9 Å². The van der Waals surface area contributed by atoms with E-state index in [0.29, 0.717) is 6.61 Å². The molecule has 94 valence electrons. The van der Waals surface area contributed by atoms with E-state index in [1.807, 2.05) is 17.1 Å². The molecule has 1 aliphatic rings. The van der Waals surface area contributed by atoms with Crippen LogP contribution in [0.4, 0.5) is 0 Å². The Balaban J connectivity index is 1.75. The van der Waals surface area contributed by atoms with E-state index in [-0.39, 0.29) is 6.10 Å². The second-order valence-corrected chi connectivity index (χ2v) is 4.38. The van der Waals surface area contributed by atoms with E-state index in [0.717, 1.165) is 43.5 Å². The van der Waals surface area contributed by atoms with Crippen LogP contribution in [0.25, 0.3) is 0 Å². The first-order valence-corrected chi connectivity index (χ1v) is 6.14. The van der Waals surface area contributed by atoms with E-state index < -0.39 is 0 Å². The van der Waals surface area contributed by atoms with Crippen LogP contribution >= 0.6 is 0 Å². The van der Waals surface area contributed by atoms with Crippen LogP contribution in [-0.4, -0.2) is 26.8 Å². The molecular weight excluding hydrogens is 218 g/mol. The fraction of sp³-hybridized carbons (Fsp3) is 0.667. The van der Waals surface area contributed by atoms with Gasteiger partial charge in [-0.05, 0) is 32.6 Å². The fourth-order valence-corrected chi connectivity index (χ4v) is 2.06. The van der Waals surface area contributed by atoms with Gasteiger partial charge < -0.3 is 9.94 Å². The molecule has 0 aliphatic heterocycles. The predicted molar refractivity (Wildman–Crippen MR) is 64.2 cm³/mol. The standard InChI is InChI=1S/C12H19N3O2/c1-2-15-8-10(7-13-15)9-17-12-5-3-11(14-16)4-6-12/h7-8,12,16H,2-6,9H2,1H3. The van der Waals surface area contributed by atoms with E-state index in [2.05, 4.69) is 17.2 Å². The Morgan fingerprint density at radius 3 is 2.88 bits per heavy atom. The van der Waals surface area contributed by atoms with Gasteiger partial charge in [-0.2, -0.15) is 5.10 Å². The van der Waals surface area contributed by atoms with Gasteiger partial charge in [0, 0.05) is 18.3 Å². The van der Waals surface area contributed by atoms with Gasteiger partial charge in [-0.15, -0.1) is 0 Å². The maximum Gasteiger partial charge on any atom is 0.0751 e. The van der Waals surface area contributed by atoms with E-state index in [9.17, 15) is 0 Å². The molecule has 1 aromatic rings. The smallest absolute Gasteiger partial charge is 0.0751 e. The molecule has 1 fully saturated rings. The van der Waals surface area contributed by atoms with Gasteiger partial charge in [0.05, 0.1) is 24.6 Å². The van der Waals surface area contributed by atoms with E-state index in [4.69, 9.17) is 9.94 Å². The van der Waals surface area contributed by atoms with Crippen molar-refractivity contribution in [3.63, 3.8) is 0 Å².